The number of aryl methyl sites for hydroxylation is 1. The molecule has 6 heteroatoms. The van der Waals surface area contributed by atoms with Crippen molar-refractivity contribution >= 4 is 16.5 Å². The summed E-state index contributed by atoms with van der Waals surface area (Å²) in [6.07, 6.45) is 5.59. The smallest absolute Gasteiger partial charge is 0.180 e. The monoisotopic (exact) mass is 237 g/mol. The van der Waals surface area contributed by atoms with Gasteiger partial charge in [0.2, 0.25) is 0 Å². The summed E-state index contributed by atoms with van der Waals surface area (Å²) in [5.74, 6) is 1.06. The first kappa shape index (κ1) is 11.1. The van der Waals surface area contributed by atoms with Gasteiger partial charge in [0, 0.05) is 37.1 Å². The molecule has 0 aliphatic carbocycles. The van der Waals surface area contributed by atoms with Crippen molar-refractivity contribution in [2.24, 2.45) is 7.05 Å². The summed E-state index contributed by atoms with van der Waals surface area (Å²) in [6, 6.07) is 0. The van der Waals surface area contributed by atoms with Gasteiger partial charge in [-0.3, -0.25) is 4.90 Å². The minimum atomic E-state index is 0.625. The van der Waals surface area contributed by atoms with E-state index in [0.29, 0.717) is 5.13 Å². The molecule has 2 rings (SSSR count). The normalized spacial score (nSPS) is 11.2. The SMILES string of the molecule is CN(Cc1cnc(N)s1)Cc1nccn1C. The van der Waals surface area contributed by atoms with Crippen LogP contribution in [0.2, 0.25) is 0 Å². The van der Waals surface area contributed by atoms with Gasteiger partial charge in [-0.05, 0) is 7.05 Å². The van der Waals surface area contributed by atoms with Gasteiger partial charge < -0.3 is 10.3 Å². The molecule has 2 aromatic rings. The molecule has 2 aromatic heterocycles. The summed E-state index contributed by atoms with van der Waals surface area (Å²) in [5.41, 5.74) is 5.59. The molecule has 2 heterocycles. The molecule has 0 saturated heterocycles. The minimum absolute atomic E-state index is 0.625. The Morgan fingerprint density at radius 3 is 2.81 bits per heavy atom. The molecule has 0 atom stereocenters. The van der Waals surface area contributed by atoms with Gasteiger partial charge in [0.15, 0.2) is 5.13 Å². The number of thiazole rings is 1. The summed E-state index contributed by atoms with van der Waals surface area (Å²) in [6.45, 7) is 1.67. The Hall–Kier alpha value is -1.40. The van der Waals surface area contributed by atoms with E-state index in [1.165, 1.54) is 16.2 Å². The lowest BCUT2D eigenvalue weighted by Gasteiger charge is -2.14. The van der Waals surface area contributed by atoms with E-state index in [2.05, 4.69) is 21.9 Å². The topological polar surface area (TPSA) is 60.0 Å². The molecule has 0 bridgehead atoms. The third-order valence-electron chi connectivity index (χ3n) is 2.33. The second kappa shape index (κ2) is 4.63. The van der Waals surface area contributed by atoms with Crippen molar-refractivity contribution in [2.75, 3.05) is 12.8 Å². The molecule has 0 aliphatic heterocycles. The molecule has 0 aromatic carbocycles. The highest BCUT2D eigenvalue weighted by Gasteiger charge is 2.07. The molecule has 5 nitrogen and oxygen atoms in total. The van der Waals surface area contributed by atoms with Gasteiger partial charge in [0.25, 0.3) is 0 Å². The van der Waals surface area contributed by atoms with Crippen LogP contribution in [0.5, 0.6) is 0 Å². The van der Waals surface area contributed by atoms with Crippen molar-refractivity contribution in [3.05, 3.63) is 29.3 Å². The molecule has 2 N–H and O–H groups in total. The number of aromatic nitrogens is 3. The summed E-state index contributed by atoms with van der Waals surface area (Å²) in [7, 11) is 4.06. The van der Waals surface area contributed by atoms with Crippen molar-refractivity contribution < 1.29 is 0 Å². The molecule has 0 saturated carbocycles. The average molecular weight is 237 g/mol. The molecular formula is C10H15N5S. The van der Waals surface area contributed by atoms with Gasteiger partial charge in [-0.15, -0.1) is 11.3 Å². The zero-order valence-electron chi connectivity index (χ0n) is 9.42. The second-order valence-corrected chi connectivity index (χ2v) is 4.94. The number of anilines is 1. The van der Waals surface area contributed by atoms with Crippen LogP contribution in [0.4, 0.5) is 5.13 Å². The second-order valence-electron chi connectivity index (χ2n) is 3.79. The van der Waals surface area contributed by atoms with E-state index < -0.39 is 0 Å². The maximum atomic E-state index is 5.59. The maximum absolute atomic E-state index is 5.59. The van der Waals surface area contributed by atoms with Gasteiger partial charge in [-0.2, -0.15) is 0 Å². The summed E-state index contributed by atoms with van der Waals surface area (Å²) < 4.78 is 2.03. The molecule has 0 amide bonds. The van der Waals surface area contributed by atoms with Gasteiger partial charge in [0.1, 0.15) is 5.82 Å². The lowest BCUT2D eigenvalue weighted by Crippen LogP contribution is -2.18. The first-order valence-electron chi connectivity index (χ1n) is 5.00. The number of hydrogen-bond acceptors (Lipinski definition) is 5. The maximum Gasteiger partial charge on any atom is 0.180 e. The third-order valence-corrected chi connectivity index (χ3v) is 3.14. The van der Waals surface area contributed by atoms with Gasteiger partial charge in [-0.25, -0.2) is 9.97 Å². The molecule has 86 valence electrons. The molecule has 0 unspecified atom stereocenters. The summed E-state index contributed by atoms with van der Waals surface area (Å²) in [4.78, 5) is 11.7. The van der Waals surface area contributed by atoms with Crippen molar-refractivity contribution in [1.82, 2.24) is 19.4 Å². The van der Waals surface area contributed by atoms with Crippen LogP contribution in [0, 0.1) is 0 Å². The number of hydrogen-bond donors (Lipinski definition) is 1. The molecule has 0 fully saturated rings. The zero-order valence-corrected chi connectivity index (χ0v) is 10.2. The Balaban J connectivity index is 1.94. The van der Waals surface area contributed by atoms with E-state index in [0.717, 1.165) is 18.9 Å². The Morgan fingerprint density at radius 2 is 2.25 bits per heavy atom. The highest BCUT2D eigenvalue weighted by molar-refractivity contribution is 7.15. The highest BCUT2D eigenvalue weighted by Crippen LogP contribution is 2.16. The van der Waals surface area contributed by atoms with E-state index in [1.54, 1.807) is 0 Å². The number of nitrogen functional groups attached to an aromatic ring is 1. The molecule has 0 spiro atoms. The van der Waals surface area contributed by atoms with Crippen LogP contribution in [-0.2, 0) is 20.1 Å². The number of nitrogens with two attached hydrogens (primary N) is 1. The largest absolute Gasteiger partial charge is 0.375 e. The lowest BCUT2D eigenvalue weighted by atomic mass is 10.4. The predicted octanol–water partition coefficient (Wildman–Crippen LogP) is 1.09. The number of imidazole rings is 1. The van der Waals surface area contributed by atoms with Crippen molar-refractivity contribution in [1.29, 1.82) is 0 Å². The van der Waals surface area contributed by atoms with Crippen LogP contribution in [-0.4, -0.2) is 26.5 Å². The van der Waals surface area contributed by atoms with Crippen molar-refractivity contribution in [3.63, 3.8) is 0 Å². The first-order chi connectivity index (χ1) is 7.65. The van der Waals surface area contributed by atoms with Crippen LogP contribution < -0.4 is 5.73 Å². The Morgan fingerprint density at radius 1 is 1.44 bits per heavy atom. The standard InChI is InChI=1S/C10H15N5S/c1-14(6-8-5-13-10(11)16-8)7-9-12-3-4-15(9)2/h3-5H,6-7H2,1-2H3,(H2,11,13). The van der Waals surface area contributed by atoms with Crippen molar-refractivity contribution in [3.8, 4) is 0 Å². The molecule has 0 radical (unpaired) electrons. The fourth-order valence-electron chi connectivity index (χ4n) is 1.51. The summed E-state index contributed by atoms with van der Waals surface area (Å²) in [5, 5.41) is 0.625. The highest BCUT2D eigenvalue weighted by atomic mass is 32.1. The predicted molar refractivity (Wildman–Crippen MR) is 64.9 cm³/mol. The Kier molecular flexibility index (Phi) is 3.21. The summed E-state index contributed by atoms with van der Waals surface area (Å²) >= 11 is 1.53. The van der Waals surface area contributed by atoms with E-state index >= 15 is 0 Å². The third kappa shape index (κ3) is 2.59. The van der Waals surface area contributed by atoms with Crippen LogP contribution in [0.25, 0.3) is 0 Å². The van der Waals surface area contributed by atoms with Crippen LogP contribution >= 0.6 is 11.3 Å². The van der Waals surface area contributed by atoms with Crippen LogP contribution in [0.1, 0.15) is 10.7 Å². The van der Waals surface area contributed by atoms with Gasteiger partial charge >= 0.3 is 0 Å². The minimum Gasteiger partial charge on any atom is -0.375 e. The molecule has 16 heavy (non-hydrogen) atoms. The van der Waals surface area contributed by atoms with Gasteiger partial charge in [-0.1, -0.05) is 0 Å². The number of nitrogens with zero attached hydrogens (tertiary/aromatic N) is 4. The molecular weight excluding hydrogens is 222 g/mol. The Bertz CT molecular complexity index is 461. The lowest BCUT2D eigenvalue weighted by molar-refractivity contribution is 0.309. The molecule has 0 aliphatic rings. The van der Waals surface area contributed by atoms with Crippen molar-refractivity contribution in [2.45, 2.75) is 13.1 Å². The fourth-order valence-corrected chi connectivity index (χ4v) is 2.27. The first-order valence-corrected chi connectivity index (χ1v) is 5.81. The number of rotatable bonds is 4. The Labute approximate surface area is 98.5 Å². The van der Waals surface area contributed by atoms with E-state index in [4.69, 9.17) is 5.73 Å². The van der Waals surface area contributed by atoms with E-state index in [9.17, 15) is 0 Å². The fraction of sp³-hybridized carbons (Fsp3) is 0.400. The van der Waals surface area contributed by atoms with Crippen LogP contribution in [0.3, 0.4) is 0 Å². The van der Waals surface area contributed by atoms with Gasteiger partial charge in [0.05, 0.1) is 6.54 Å². The van der Waals surface area contributed by atoms with E-state index in [-0.39, 0.29) is 0 Å². The zero-order chi connectivity index (χ0) is 11.5. The van der Waals surface area contributed by atoms with Crippen LogP contribution in [0.15, 0.2) is 18.6 Å². The average Bonchev–Trinajstić information content (AvgIpc) is 2.77. The van der Waals surface area contributed by atoms with E-state index in [1.807, 2.05) is 30.2 Å². The quantitative estimate of drug-likeness (QED) is 0.864.